The van der Waals surface area contributed by atoms with E-state index in [9.17, 15) is 8.42 Å². The number of nitrogens with one attached hydrogen (secondary N) is 1. The minimum atomic E-state index is -3.38. The van der Waals surface area contributed by atoms with Gasteiger partial charge in [0.05, 0.1) is 10.9 Å². The average Bonchev–Trinajstić information content (AvgIpc) is 2.75. The van der Waals surface area contributed by atoms with Crippen LogP contribution in [0.2, 0.25) is 0 Å². The van der Waals surface area contributed by atoms with Crippen LogP contribution in [0.1, 0.15) is 23.9 Å². The molecule has 2 rings (SSSR count). The van der Waals surface area contributed by atoms with Crippen LogP contribution in [0.3, 0.4) is 0 Å². The summed E-state index contributed by atoms with van der Waals surface area (Å²) in [4.78, 5) is 5.49. The second-order valence-corrected chi connectivity index (χ2v) is 7.12. The molecule has 0 saturated carbocycles. The summed E-state index contributed by atoms with van der Waals surface area (Å²) in [5.41, 5.74) is 6.39. The molecule has 0 aromatic carbocycles. The van der Waals surface area contributed by atoms with Crippen LogP contribution in [-0.2, 0) is 22.9 Å². The molecule has 0 saturated heterocycles. The fraction of sp³-hybridized carbons (Fsp3) is 0.667. The van der Waals surface area contributed by atoms with Crippen molar-refractivity contribution in [3.05, 3.63) is 10.6 Å². The molecule has 1 aromatic heterocycles. The van der Waals surface area contributed by atoms with Gasteiger partial charge in [-0.15, -0.1) is 11.3 Å². The van der Waals surface area contributed by atoms with Crippen molar-refractivity contribution < 1.29 is 8.42 Å². The summed E-state index contributed by atoms with van der Waals surface area (Å²) in [6.07, 6.45) is 3.10. The minimum absolute atomic E-state index is 0.112. The smallest absolute Gasteiger partial charge is 0.238 e. The van der Waals surface area contributed by atoms with E-state index in [-0.39, 0.29) is 6.54 Å². The van der Waals surface area contributed by atoms with E-state index in [4.69, 9.17) is 5.73 Å². The van der Waals surface area contributed by atoms with Gasteiger partial charge in [0.1, 0.15) is 0 Å². The summed E-state index contributed by atoms with van der Waals surface area (Å²) in [7, 11) is -3.38. The Morgan fingerprint density at radius 3 is 2.94 bits per heavy atom. The highest BCUT2D eigenvalue weighted by molar-refractivity contribution is 7.93. The maximum absolute atomic E-state index is 11.7. The van der Waals surface area contributed by atoms with Crippen LogP contribution in [0, 0.1) is 0 Å². The first-order chi connectivity index (χ1) is 7.53. The second-order valence-electron chi connectivity index (χ2n) is 3.94. The molecule has 1 atom stereocenters. The van der Waals surface area contributed by atoms with Gasteiger partial charge in [-0.25, -0.2) is 13.4 Å². The third-order valence-electron chi connectivity index (χ3n) is 2.69. The van der Waals surface area contributed by atoms with E-state index >= 15 is 0 Å². The molecule has 0 radical (unpaired) electrons. The van der Waals surface area contributed by atoms with Gasteiger partial charge in [0.25, 0.3) is 0 Å². The van der Waals surface area contributed by atoms with Gasteiger partial charge < -0.3 is 5.73 Å². The molecule has 0 spiro atoms. The van der Waals surface area contributed by atoms with Crippen molar-refractivity contribution in [1.29, 1.82) is 0 Å². The summed E-state index contributed by atoms with van der Waals surface area (Å²) in [6, 6.07) is 0. The van der Waals surface area contributed by atoms with E-state index in [1.54, 1.807) is 6.92 Å². The van der Waals surface area contributed by atoms with E-state index in [0.717, 1.165) is 25.0 Å². The Bertz CT molecular complexity index is 459. The van der Waals surface area contributed by atoms with Gasteiger partial charge in [0.2, 0.25) is 10.0 Å². The number of fused-ring (bicyclic) bond motifs is 1. The largest absolute Gasteiger partial charge is 0.329 e. The molecule has 5 nitrogen and oxygen atoms in total. The van der Waals surface area contributed by atoms with E-state index in [2.05, 4.69) is 9.71 Å². The zero-order valence-electron chi connectivity index (χ0n) is 9.06. The Labute approximate surface area is 99.1 Å². The van der Waals surface area contributed by atoms with E-state index in [1.807, 2.05) is 0 Å². The van der Waals surface area contributed by atoms with Crippen molar-refractivity contribution in [2.75, 3.05) is 11.3 Å². The standard InChI is InChI=1S/C9H15N3O2S2/c1-6(5-10)16(13,14)12-9-11-7-3-2-4-8(7)15-9/h6H,2-5,10H2,1H3,(H,11,12). The lowest BCUT2D eigenvalue weighted by atomic mass is 10.4. The Kier molecular flexibility index (Phi) is 3.18. The normalized spacial score (nSPS) is 17.1. The third kappa shape index (κ3) is 2.21. The number of anilines is 1. The highest BCUT2D eigenvalue weighted by atomic mass is 32.2. The maximum Gasteiger partial charge on any atom is 0.238 e. The molecule has 1 aliphatic rings. The number of nitrogens with two attached hydrogens (primary N) is 1. The first-order valence-corrected chi connectivity index (χ1v) is 7.59. The third-order valence-corrected chi connectivity index (χ3v) is 5.62. The first kappa shape index (κ1) is 11.8. The lowest BCUT2D eigenvalue weighted by molar-refractivity contribution is 0.589. The van der Waals surface area contributed by atoms with E-state index < -0.39 is 15.3 Å². The summed E-state index contributed by atoms with van der Waals surface area (Å²) in [5, 5.41) is -0.115. The summed E-state index contributed by atoms with van der Waals surface area (Å²) < 4.78 is 26.0. The summed E-state index contributed by atoms with van der Waals surface area (Å²) in [5.74, 6) is 0. The number of aryl methyl sites for hydroxylation is 2. The van der Waals surface area contributed by atoms with Crippen LogP contribution in [0.5, 0.6) is 0 Å². The van der Waals surface area contributed by atoms with Gasteiger partial charge in [0.15, 0.2) is 5.13 Å². The number of hydrogen-bond donors (Lipinski definition) is 2. The molecule has 3 N–H and O–H groups in total. The molecule has 0 fully saturated rings. The predicted octanol–water partition coefficient (Wildman–Crippen LogP) is 0.721. The van der Waals surface area contributed by atoms with Crippen LogP contribution in [0.15, 0.2) is 0 Å². The van der Waals surface area contributed by atoms with Gasteiger partial charge in [-0.05, 0) is 26.2 Å². The number of thiazole rings is 1. The fourth-order valence-electron chi connectivity index (χ4n) is 1.58. The van der Waals surface area contributed by atoms with Gasteiger partial charge in [0, 0.05) is 11.4 Å². The van der Waals surface area contributed by atoms with Crippen LogP contribution >= 0.6 is 11.3 Å². The molecular weight excluding hydrogens is 246 g/mol. The molecule has 1 unspecified atom stereocenters. The van der Waals surface area contributed by atoms with Crippen molar-refractivity contribution in [3.63, 3.8) is 0 Å². The number of hydrogen-bond acceptors (Lipinski definition) is 5. The molecule has 1 heterocycles. The molecule has 0 amide bonds. The van der Waals surface area contributed by atoms with Gasteiger partial charge in [-0.1, -0.05) is 0 Å². The molecule has 1 aromatic rings. The number of aromatic nitrogens is 1. The van der Waals surface area contributed by atoms with Crippen molar-refractivity contribution >= 4 is 26.5 Å². The Morgan fingerprint density at radius 1 is 1.56 bits per heavy atom. The topological polar surface area (TPSA) is 85.1 Å². The van der Waals surface area contributed by atoms with E-state index in [1.165, 1.54) is 16.2 Å². The van der Waals surface area contributed by atoms with Crippen molar-refractivity contribution in [2.45, 2.75) is 31.4 Å². The number of rotatable bonds is 4. The quantitative estimate of drug-likeness (QED) is 0.836. The van der Waals surface area contributed by atoms with Crippen molar-refractivity contribution in [3.8, 4) is 0 Å². The molecule has 7 heteroatoms. The summed E-state index contributed by atoms with van der Waals surface area (Å²) >= 11 is 1.43. The van der Waals surface area contributed by atoms with E-state index in [0.29, 0.717) is 5.13 Å². The van der Waals surface area contributed by atoms with Crippen LogP contribution < -0.4 is 10.5 Å². The first-order valence-electron chi connectivity index (χ1n) is 5.23. The Hall–Kier alpha value is -0.660. The highest BCUT2D eigenvalue weighted by Gasteiger charge is 2.23. The lowest BCUT2D eigenvalue weighted by Crippen LogP contribution is -2.31. The average molecular weight is 261 g/mol. The van der Waals surface area contributed by atoms with Gasteiger partial charge >= 0.3 is 0 Å². The Morgan fingerprint density at radius 2 is 2.31 bits per heavy atom. The molecular formula is C9H15N3O2S2. The molecule has 1 aliphatic carbocycles. The van der Waals surface area contributed by atoms with Gasteiger partial charge in [-0.3, -0.25) is 4.72 Å². The number of sulfonamides is 1. The minimum Gasteiger partial charge on any atom is -0.329 e. The second kappa shape index (κ2) is 4.31. The SMILES string of the molecule is CC(CN)S(=O)(=O)Nc1nc2c(s1)CCC2. The number of nitrogens with zero attached hydrogens (tertiary/aromatic N) is 1. The van der Waals surface area contributed by atoms with Crippen molar-refractivity contribution in [2.24, 2.45) is 5.73 Å². The fourth-order valence-corrected chi connectivity index (χ4v) is 3.74. The zero-order valence-corrected chi connectivity index (χ0v) is 10.7. The highest BCUT2D eigenvalue weighted by Crippen LogP contribution is 2.31. The maximum atomic E-state index is 11.7. The molecule has 16 heavy (non-hydrogen) atoms. The summed E-state index contributed by atoms with van der Waals surface area (Å²) in [6.45, 7) is 1.70. The van der Waals surface area contributed by atoms with Crippen LogP contribution in [-0.4, -0.2) is 25.2 Å². The monoisotopic (exact) mass is 261 g/mol. The molecule has 90 valence electrons. The Balaban J connectivity index is 2.15. The lowest BCUT2D eigenvalue weighted by Gasteiger charge is -2.10. The van der Waals surface area contributed by atoms with Crippen LogP contribution in [0.25, 0.3) is 0 Å². The predicted molar refractivity (Wildman–Crippen MR) is 65.2 cm³/mol. The molecule has 0 aliphatic heterocycles. The van der Waals surface area contributed by atoms with Gasteiger partial charge in [-0.2, -0.15) is 0 Å². The molecule has 0 bridgehead atoms. The van der Waals surface area contributed by atoms with Crippen molar-refractivity contribution in [1.82, 2.24) is 4.98 Å². The van der Waals surface area contributed by atoms with Crippen LogP contribution in [0.4, 0.5) is 5.13 Å². The zero-order chi connectivity index (χ0) is 11.8.